The van der Waals surface area contributed by atoms with Crippen molar-refractivity contribution >= 4 is 11.6 Å². The molecular formula is C19H21N3O2. The van der Waals surface area contributed by atoms with E-state index in [1.165, 1.54) is 0 Å². The standard InChI is InChI=1S/C19H21N3O2/c1-3-22(13-16-9-7-15(12-20)8-10-16)14-19(23)21-17-5-4-6-18(11-17)24-2/h4-11H,3,13-14H2,1-2H3,(H,21,23). The predicted molar refractivity (Wildman–Crippen MR) is 93.7 cm³/mol. The Morgan fingerprint density at radius 2 is 2.00 bits per heavy atom. The van der Waals surface area contributed by atoms with E-state index in [1.807, 2.05) is 42.2 Å². The van der Waals surface area contributed by atoms with Crippen molar-refractivity contribution in [1.82, 2.24) is 4.90 Å². The molecule has 0 aliphatic rings. The van der Waals surface area contributed by atoms with Crippen LogP contribution in [0.2, 0.25) is 0 Å². The first-order valence-electron chi connectivity index (χ1n) is 7.80. The maximum absolute atomic E-state index is 12.2. The van der Waals surface area contributed by atoms with Gasteiger partial charge in [-0.15, -0.1) is 0 Å². The largest absolute Gasteiger partial charge is 0.497 e. The van der Waals surface area contributed by atoms with Gasteiger partial charge in [0.2, 0.25) is 5.91 Å². The molecule has 0 unspecified atom stereocenters. The molecule has 0 fully saturated rings. The number of carbonyl (C=O) groups is 1. The summed E-state index contributed by atoms with van der Waals surface area (Å²) in [6.07, 6.45) is 0. The van der Waals surface area contributed by atoms with Crippen LogP contribution in [-0.4, -0.2) is 31.0 Å². The van der Waals surface area contributed by atoms with Crippen LogP contribution in [0.15, 0.2) is 48.5 Å². The number of hydrogen-bond donors (Lipinski definition) is 1. The van der Waals surface area contributed by atoms with Gasteiger partial charge in [0, 0.05) is 18.3 Å². The number of hydrogen-bond acceptors (Lipinski definition) is 4. The number of nitriles is 1. The molecule has 0 aromatic heterocycles. The second kappa shape index (κ2) is 8.70. The molecule has 124 valence electrons. The molecule has 0 bridgehead atoms. The predicted octanol–water partition coefficient (Wildman–Crippen LogP) is 3.03. The quantitative estimate of drug-likeness (QED) is 0.850. The van der Waals surface area contributed by atoms with Crippen molar-refractivity contribution in [3.05, 3.63) is 59.7 Å². The molecule has 0 aliphatic heterocycles. The van der Waals surface area contributed by atoms with Gasteiger partial charge in [0.1, 0.15) is 5.75 Å². The van der Waals surface area contributed by atoms with E-state index in [9.17, 15) is 4.79 Å². The summed E-state index contributed by atoms with van der Waals surface area (Å²) >= 11 is 0. The summed E-state index contributed by atoms with van der Waals surface area (Å²) in [6, 6.07) is 16.8. The van der Waals surface area contributed by atoms with Gasteiger partial charge in [-0.05, 0) is 36.4 Å². The molecule has 0 aliphatic carbocycles. The average molecular weight is 323 g/mol. The number of nitrogens with zero attached hydrogens (tertiary/aromatic N) is 2. The summed E-state index contributed by atoms with van der Waals surface area (Å²) in [7, 11) is 1.59. The fourth-order valence-electron chi connectivity index (χ4n) is 2.33. The molecular weight excluding hydrogens is 302 g/mol. The molecule has 0 heterocycles. The molecule has 0 saturated heterocycles. The normalized spacial score (nSPS) is 10.2. The topological polar surface area (TPSA) is 65.4 Å². The van der Waals surface area contributed by atoms with Crippen LogP contribution < -0.4 is 10.1 Å². The Morgan fingerprint density at radius 1 is 1.25 bits per heavy atom. The Balaban J connectivity index is 1.93. The Labute approximate surface area is 142 Å². The third-order valence-corrected chi connectivity index (χ3v) is 3.66. The van der Waals surface area contributed by atoms with Crippen molar-refractivity contribution in [2.45, 2.75) is 13.5 Å². The minimum absolute atomic E-state index is 0.0706. The van der Waals surface area contributed by atoms with Crippen molar-refractivity contribution in [2.75, 3.05) is 25.5 Å². The van der Waals surface area contributed by atoms with E-state index in [0.29, 0.717) is 30.1 Å². The Kier molecular flexibility index (Phi) is 6.35. The Hall–Kier alpha value is -2.84. The van der Waals surface area contributed by atoms with Crippen LogP contribution in [0.3, 0.4) is 0 Å². The molecule has 1 amide bonds. The van der Waals surface area contributed by atoms with Gasteiger partial charge in [0.05, 0.1) is 25.3 Å². The van der Waals surface area contributed by atoms with Gasteiger partial charge in [-0.25, -0.2) is 0 Å². The summed E-state index contributed by atoms with van der Waals surface area (Å²) in [6.45, 7) is 3.73. The van der Waals surface area contributed by atoms with Gasteiger partial charge in [-0.2, -0.15) is 5.26 Å². The second-order valence-electron chi connectivity index (χ2n) is 5.39. The van der Waals surface area contributed by atoms with E-state index in [-0.39, 0.29) is 5.91 Å². The van der Waals surface area contributed by atoms with Crippen molar-refractivity contribution in [3.8, 4) is 11.8 Å². The number of nitrogens with one attached hydrogen (secondary N) is 1. The minimum Gasteiger partial charge on any atom is -0.497 e. The lowest BCUT2D eigenvalue weighted by atomic mass is 10.1. The highest BCUT2D eigenvalue weighted by Crippen LogP contribution is 2.16. The lowest BCUT2D eigenvalue weighted by Crippen LogP contribution is -2.32. The van der Waals surface area contributed by atoms with E-state index in [4.69, 9.17) is 10.00 Å². The summed E-state index contributed by atoms with van der Waals surface area (Å²) in [5.41, 5.74) is 2.43. The SMILES string of the molecule is CCN(CC(=O)Nc1cccc(OC)c1)Cc1ccc(C#N)cc1. The fraction of sp³-hybridized carbons (Fsp3) is 0.263. The summed E-state index contributed by atoms with van der Waals surface area (Å²) in [5, 5.41) is 11.7. The molecule has 1 N–H and O–H groups in total. The van der Waals surface area contributed by atoms with Gasteiger partial charge in [-0.1, -0.05) is 25.1 Å². The smallest absolute Gasteiger partial charge is 0.238 e. The monoisotopic (exact) mass is 323 g/mol. The van der Waals surface area contributed by atoms with Crippen LogP contribution in [0.4, 0.5) is 5.69 Å². The van der Waals surface area contributed by atoms with Crippen molar-refractivity contribution < 1.29 is 9.53 Å². The summed E-state index contributed by atoms with van der Waals surface area (Å²) < 4.78 is 5.15. The van der Waals surface area contributed by atoms with E-state index >= 15 is 0 Å². The second-order valence-corrected chi connectivity index (χ2v) is 5.39. The number of ether oxygens (including phenoxy) is 1. The minimum atomic E-state index is -0.0706. The number of likely N-dealkylation sites (N-methyl/N-ethyl adjacent to an activating group) is 1. The summed E-state index contributed by atoms with van der Waals surface area (Å²) in [4.78, 5) is 14.3. The van der Waals surface area contributed by atoms with Crippen LogP contribution in [0.5, 0.6) is 5.75 Å². The lowest BCUT2D eigenvalue weighted by Gasteiger charge is -2.20. The first kappa shape index (κ1) is 17.5. The molecule has 0 atom stereocenters. The number of anilines is 1. The van der Waals surface area contributed by atoms with E-state index < -0.39 is 0 Å². The third kappa shape index (κ3) is 5.11. The van der Waals surface area contributed by atoms with Crippen LogP contribution in [0.25, 0.3) is 0 Å². The Morgan fingerprint density at radius 3 is 2.62 bits per heavy atom. The van der Waals surface area contributed by atoms with Gasteiger partial charge in [0.25, 0.3) is 0 Å². The molecule has 2 aromatic carbocycles. The first-order chi connectivity index (χ1) is 11.6. The van der Waals surface area contributed by atoms with Crippen LogP contribution in [0, 0.1) is 11.3 Å². The highest BCUT2D eigenvalue weighted by atomic mass is 16.5. The number of benzene rings is 2. The maximum atomic E-state index is 12.2. The van der Waals surface area contributed by atoms with Crippen molar-refractivity contribution in [2.24, 2.45) is 0 Å². The van der Waals surface area contributed by atoms with Gasteiger partial charge >= 0.3 is 0 Å². The molecule has 5 nitrogen and oxygen atoms in total. The van der Waals surface area contributed by atoms with Crippen LogP contribution >= 0.6 is 0 Å². The number of rotatable bonds is 7. The van der Waals surface area contributed by atoms with Crippen LogP contribution in [0.1, 0.15) is 18.1 Å². The molecule has 24 heavy (non-hydrogen) atoms. The fourth-order valence-corrected chi connectivity index (χ4v) is 2.33. The highest BCUT2D eigenvalue weighted by molar-refractivity contribution is 5.92. The zero-order chi connectivity index (χ0) is 17.4. The molecule has 5 heteroatoms. The van der Waals surface area contributed by atoms with Gasteiger partial charge in [0.15, 0.2) is 0 Å². The van der Waals surface area contributed by atoms with E-state index in [1.54, 1.807) is 25.3 Å². The average Bonchev–Trinajstić information content (AvgIpc) is 2.61. The lowest BCUT2D eigenvalue weighted by molar-refractivity contribution is -0.117. The molecule has 2 rings (SSSR count). The zero-order valence-electron chi connectivity index (χ0n) is 14.0. The van der Waals surface area contributed by atoms with E-state index in [0.717, 1.165) is 12.1 Å². The number of amides is 1. The van der Waals surface area contributed by atoms with Crippen LogP contribution in [-0.2, 0) is 11.3 Å². The van der Waals surface area contributed by atoms with Gasteiger partial charge in [-0.3, -0.25) is 9.69 Å². The molecule has 0 radical (unpaired) electrons. The molecule has 0 spiro atoms. The first-order valence-corrected chi connectivity index (χ1v) is 7.80. The van der Waals surface area contributed by atoms with E-state index in [2.05, 4.69) is 11.4 Å². The summed E-state index contributed by atoms with van der Waals surface area (Å²) in [5.74, 6) is 0.636. The van der Waals surface area contributed by atoms with Crippen molar-refractivity contribution in [1.29, 1.82) is 5.26 Å². The van der Waals surface area contributed by atoms with Gasteiger partial charge < -0.3 is 10.1 Å². The third-order valence-electron chi connectivity index (χ3n) is 3.66. The Bertz CT molecular complexity index is 720. The highest BCUT2D eigenvalue weighted by Gasteiger charge is 2.10. The number of carbonyl (C=O) groups excluding carboxylic acids is 1. The number of methoxy groups -OCH3 is 1. The maximum Gasteiger partial charge on any atom is 0.238 e. The van der Waals surface area contributed by atoms with Crippen molar-refractivity contribution in [3.63, 3.8) is 0 Å². The zero-order valence-corrected chi connectivity index (χ0v) is 14.0. The molecule has 2 aromatic rings. The molecule has 0 saturated carbocycles.